The standard InChI is InChI=1S/C8H17F.H2O/c1-6(2)5-8(9)7(3)4;/h6-8H,5H2,1-4H3;1H2. The third kappa shape index (κ3) is 6.02. The first kappa shape index (κ1) is 12.6. The van der Waals surface area contributed by atoms with Crippen molar-refractivity contribution in [1.29, 1.82) is 0 Å². The smallest absolute Gasteiger partial charge is 0.103 e. The Morgan fingerprint density at radius 3 is 1.60 bits per heavy atom. The van der Waals surface area contributed by atoms with Crippen LogP contribution in [0.25, 0.3) is 0 Å². The molecule has 0 aromatic carbocycles. The second kappa shape index (κ2) is 5.66. The number of halogens is 1. The van der Waals surface area contributed by atoms with E-state index in [9.17, 15) is 4.39 Å². The molecule has 1 unspecified atom stereocenters. The van der Waals surface area contributed by atoms with Gasteiger partial charge in [-0.25, -0.2) is 4.39 Å². The van der Waals surface area contributed by atoms with E-state index in [1.807, 2.05) is 13.8 Å². The van der Waals surface area contributed by atoms with Crippen molar-refractivity contribution in [3.05, 3.63) is 0 Å². The molecule has 0 aromatic heterocycles. The van der Waals surface area contributed by atoms with Gasteiger partial charge in [0.25, 0.3) is 0 Å². The Labute approximate surface area is 62.9 Å². The van der Waals surface area contributed by atoms with Crippen LogP contribution in [0.1, 0.15) is 34.1 Å². The fraction of sp³-hybridized carbons (Fsp3) is 1.00. The van der Waals surface area contributed by atoms with Crippen molar-refractivity contribution in [3.63, 3.8) is 0 Å². The molecular formula is C8H19FO. The van der Waals surface area contributed by atoms with Crippen LogP contribution in [0.4, 0.5) is 4.39 Å². The Kier molecular flexibility index (Phi) is 7.10. The molecule has 2 heteroatoms. The summed E-state index contributed by atoms with van der Waals surface area (Å²) in [5.74, 6) is 0.676. The summed E-state index contributed by atoms with van der Waals surface area (Å²) >= 11 is 0. The van der Waals surface area contributed by atoms with Gasteiger partial charge in [-0.05, 0) is 18.3 Å². The van der Waals surface area contributed by atoms with Crippen molar-refractivity contribution in [2.75, 3.05) is 0 Å². The molecule has 0 aliphatic heterocycles. The minimum absolute atomic E-state index is 0. The molecule has 0 bridgehead atoms. The number of rotatable bonds is 3. The summed E-state index contributed by atoms with van der Waals surface area (Å²) in [7, 11) is 0. The fourth-order valence-corrected chi connectivity index (χ4v) is 0.723. The average Bonchev–Trinajstić information content (AvgIpc) is 1.63. The van der Waals surface area contributed by atoms with E-state index < -0.39 is 6.17 Å². The first-order valence-corrected chi connectivity index (χ1v) is 3.68. The SMILES string of the molecule is CC(C)CC(F)C(C)C.O. The average molecular weight is 150 g/mol. The first-order chi connectivity index (χ1) is 4.04. The molecule has 10 heavy (non-hydrogen) atoms. The van der Waals surface area contributed by atoms with E-state index in [4.69, 9.17) is 0 Å². The second-order valence-electron chi connectivity index (χ2n) is 3.39. The van der Waals surface area contributed by atoms with Crippen LogP contribution in [0.3, 0.4) is 0 Å². The molecule has 0 amide bonds. The van der Waals surface area contributed by atoms with Crippen molar-refractivity contribution in [1.82, 2.24) is 0 Å². The van der Waals surface area contributed by atoms with E-state index >= 15 is 0 Å². The van der Waals surface area contributed by atoms with Gasteiger partial charge in [0.15, 0.2) is 0 Å². The van der Waals surface area contributed by atoms with E-state index in [2.05, 4.69) is 13.8 Å². The zero-order valence-electron chi connectivity index (χ0n) is 7.32. The molecule has 0 spiro atoms. The molecule has 0 saturated heterocycles. The number of alkyl halides is 1. The summed E-state index contributed by atoms with van der Waals surface area (Å²) in [4.78, 5) is 0. The Bertz CT molecular complexity index is 71.7. The van der Waals surface area contributed by atoms with Gasteiger partial charge in [-0.1, -0.05) is 27.7 Å². The van der Waals surface area contributed by atoms with Crippen LogP contribution in [0.15, 0.2) is 0 Å². The van der Waals surface area contributed by atoms with E-state index in [0.29, 0.717) is 12.3 Å². The van der Waals surface area contributed by atoms with Crippen molar-refractivity contribution in [2.45, 2.75) is 40.3 Å². The van der Waals surface area contributed by atoms with Gasteiger partial charge in [0.2, 0.25) is 0 Å². The van der Waals surface area contributed by atoms with Crippen molar-refractivity contribution in [3.8, 4) is 0 Å². The summed E-state index contributed by atoms with van der Waals surface area (Å²) in [5, 5.41) is 0. The molecule has 1 nitrogen and oxygen atoms in total. The maximum Gasteiger partial charge on any atom is 0.103 e. The predicted octanol–water partition coefficient (Wildman–Crippen LogP) is 2.20. The molecule has 1 atom stereocenters. The molecule has 0 aromatic rings. The van der Waals surface area contributed by atoms with Crippen molar-refractivity contribution < 1.29 is 9.87 Å². The highest BCUT2D eigenvalue weighted by molar-refractivity contribution is 4.61. The van der Waals surface area contributed by atoms with Gasteiger partial charge < -0.3 is 5.48 Å². The Balaban J connectivity index is 0. The lowest BCUT2D eigenvalue weighted by Crippen LogP contribution is -2.11. The van der Waals surface area contributed by atoms with Gasteiger partial charge in [-0.3, -0.25) is 0 Å². The van der Waals surface area contributed by atoms with Gasteiger partial charge in [-0.15, -0.1) is 0 Å². The molecule has 0 radical (unpaired) electrons. The van der Waals surface area contributed by atoms with Gasteiger partial charge in [-0.2, -0.15) is 0 Å². The Morgan fingerprint density at radius 2 is 1.50 bits per heavy atom. The third-order valence-corrected chi connectivity index (χ3v) is 1.42. The van der Waals surface area contributed by atoms with Crippen LogP contribution in [0.2, 0.25) is 0 Å². The Hall–Kier alpha value is -0.110. The van der Waals surface area contributed by atoms with Crippen LogP contribution in [-0.2, 0) is 0 Å². The third-order valence-electron chi connectivity index (χ3n) is 1.42. The molecular weight excluding hydrogens is 131 g/mol. The highest BCUT2D eigenvalue weighted by Gasteiger charge is 2.12. The lowest BCUT2D eigenvalue weighted by atomic mass is 9.99. The topological polar surface area (TPSA) is 31.5 Å². The minimum atomic E-state index is -0.606. The lowest BCUT2D eigenvalue weighted by Gasteiger charge is -2.13. The maximum atomic E-state index is 12.8. The van der Waals surface area contributed by atoms with E-state index in [1.54, 1.807) is 0 Å². The van der Waals surface area contributed by atoms with Crippen LogP contribution in [0, 0.1) is 11.8 Å². The van der Waals surface area contributed by atoms with Gasteiger partial charge in [0.05, 0.1) is 0 Å². The number of hydrogen-bond donors (Lipinski definition) is 0. The highest BCUT2D eigenvalue weighted by atomic mass is 19.1. The van der Waals surface area contributed by atoms with Gasteiger partial charge in [0, 0.05) is 0 Å². The van der Waals surface area contributed by atoms with Crippen LogP contribution < -0.4 is 0 Å². The quantitative estimate of drug-likeness (QED) is 0.590. The highest BCUT2D eigenvalue weighted by Crippen LogP contribution is 2.15. The van der Waals surface area contributed by atoms with Crippen LogP contribution in [0.5, 0.6) is 0 Å². The molecule has 0 aliphatic rings. The van der Waals surface area contributed by atoms with E-state index in [0.717, 1.165) is 0 Å². The fourth-order valence-electron chi connectivity index (χ4n) is 0.723. The van der Waals surface area contributed by atoms with E-state index in [-0.39, 0.29) is 11.4 Å². The van der Waals surface area contributed by atoms with E-state index in [1.165, 1.54) is 0 Å². The molecule has 0 heterocycles. The maximum absolute atomic E-state index is 12.8. The molecule has 2 N–H and O–H groups in total. The number of hydrogen-bond acceptors (Lipinski definition) is 0. The van der Waals surface area contributed by atoms with Crippen LogP contribution >= 0.6 is 0 Å². The van der Waals surface area contributed by atoms with Gasteiger partial charge >= 0.3 is 0 Å². The molecule has 64 valence electrons. The zero-order chi connectivity index (χ0) is 7.44. The van der Waals surface area contributed by atoms with Crippen LogP contribution in [-0.4, -0.2) is 11.6 Å². The summed E-state index contributed by atoms with van der Waals surface area (Å²) in [6.45, 7) is 7.95. The molecule has 0 fully saturated rings. The predicted molar refractivity (Wildman–Crippen MR) is 42.8 cm³/mol. The summed E-state index contributed by atoms with van der Waals surface area (Å²) in [6, 6.07) is 0. The first-order valence-electron chi connectivity index (χ1n) is 3.68. The minimum Gasteiger partial charge on any atom is -0.412 e. The zero-order valence-corrected chi connectivity index (χ0v) is 7.32. The summed E-state index contributed by atoms with van der Waals surface area (Å²) in [6.07, 6.45) is 0.0995. The molecule has 0 rings (SSSR count). The lowest BCUT2D eigenvalue weighted by molar-refractivity contribution is 0.217. The normalized spacial score (nSPS) is 13.5. The second-order valence-corrected chi connectivity index (χ2v) is 3.39. The monoisotopic (exact) mass is 150 g/mol. The Morgan fingerprint density at radius 1 is 1.10 bits per heavy atom. The van der Waals surface area contributed by atoms with Gasteiger partial charge in [0.1, 0.15) is 6.17 Å². The molecule has 0 saturated carbocycles. The molecule has 0 aliphatic carbocycles. The summed E-state index contributed by atoms with van der Waals surface area (Å²) < 4.78 is 12.8. The largest absolute Gasteiger partial charge is 0.412 e. The van der Waals surface area contributed by atoms with Crippen molar-refractivity contribution >= 4 is 0 Å². The summed E-state index contributed by atoms with van der Waals surface area (Å²) in [5.41, 5.74) is 0. The van der Waals surface area contributed by atoms with Crippen molar-refractivity contribution in [2.24, 2.45) is 11.8 Å².